The largest absolute Gasteiger partial charge is 0.478 e. The van der Waals surface area contributed by atoms with E-state index in [0.717, 1.165) is 23.3 Å². The minimum atomic E-state index is -4.44. The number of tetrazole rings is 1. The zero-order valence-corrected chi connectivity index (χ0v) is 17.6. The van der Waals surface area contributed by atoms with Gasteiger partial charge in [-0.25, -0.2) is 9.48 Å². The van der Waals surface area contributed by atoms with Gasteiger partial charge in [0.25, 0.3) is 0 Å². The summed E-state index contributed by atoms with van der Waals surface area (Å²) in [4.78, 5) is 11.8. The monoisotopic (exact) mass is 477 g/mol. The van der Waals surface area contributed by atoms with Crippen molar-refractivity contribution in [2.24, 2.45) is 0 Å². The van der Waals surface area contributed by atoms with E-state index in [2.05, 4.69) is 30.9 Å². The van der Waals surface area contributed by atoms with E-state index in [-0.39, 0.29) is 5.56 Å². The second-order valence-corrected chi connectivity index (χ2v) is 7.51. The Kier molecular flexibility index (Phi) is 5.32. The third-order valence-corrected chi connectivity index (χ3v) is 5.25. The van der Waals surface area contributed by atoms with E-state index >= 15 is 0 Å². The molecule has 5 aromatic rings. The summed E-state index contributed by atoms with van der Waals surface area (Å²) in [5.74, 6) is -0.700. The van der Waals surface area contributed by atoms with Crippen molar-refractivity contribution in [3.05, 3.63) is 84.1 Å². The Morgan fingerprint density at radius 1 is 0.857 bits per heavy atom. The van der Waals surface area contributed by atoms with Gasteiger partial charge in [-0.1, -0.05) is 41.6 Å². The van der Waals surface area contributed by atoms with E-state index in [9.17, 15) is 23.1 Å². The normalized spacial score (nSPS) is 11.5. The lowest BCUT2D eigenvalue weighted by atomic mass is 10.0. The number of rotatable bonds is 5. The fraction of sp³-hybridized carbons (Fsp3) is 0.0435. The van der Waals surface area contributed by atoms with Gasteiger partial charge in [0.1, 0.15) is 5.69 Å². The number of nitrogens with zero attached hydrogens (tertiary/aromatic N) is 6. The minimum Gasteiger partial charge on any atom is -0.478 e. The number of carbonyl (C=O) groups is 1. The van der Waals surface area contributed by atoms with Gasteiger partial charge in [-0.3, -0.25) is 0 Å². The number of carboxylic acid groups (broad SMARTS) is 1. The molecule has 0 fully saturated rings. The van der Waals surface area contributed by atoms with Crippen LogP contribution < -0.4 is 0 Å². The summed E-state index contributed by atoms with van der Waals surface area (Å²) in [6, 6.07) is 16.4. The first kappa shape index (κ1) is 21.9. The van der Waals surface area contributed by atoms with E-state index in [1.54, 1.807) is 30.3 Å². The summed E-state index contributed by atoms with van der Waals surface area (Å²) in [6.07, 6.45) is -2.92. The highest BCUT2D eigenvalue weighted by Crippen LogP contribution is 2.31. The number of H-pyrrole nitrogens is 1. The van der Waals surface area contributed by atoms with Crippen molar-refractivity contribution in [3.8, 4) is 39.5 Å². The zero-order chi connectivity index (χ0) is 24.6. The van der Waals surface area contributed by atoms with Crippen molar-refractivity contribution >= 4 is 5.97 Å². The van der Waals surface area contributed by atoms with Gasteiger partial charge in [0.2, 0.25) is 5.82 Å². The lowest BCUT2D eigenvalue weighted by molar-refractivity contribution is -0.137. The Bertz CT molecular complexity index is 1490. The third kappa shape index (κ3) is 4.49. The molecule has 0 saturated heterocycles. The number of hydrogen-bond acceptors (Lipinski definition) is 6. The molecule has 5 rings (SSSR count). The Balaban J connectivity index is 1.49. The molecule has 0 atom stereocenters. The molecule has 0 bridgehead atoms. The first-order valence-corrected chi connectivity index (χ1v) is 10.1. The van der Waals surface area contributed by atoms with Crippen LogP contribution in [-0.4, -0.2) is 46.7 Å². The predicted molar refractivity (Wildman–Crippen MR) is 117 cm³/mol. The smallest absolute Gasteiger partial charge is 0.416 e. The molecule has 2 N–H and O–H groups in total. The molecule has 3 aromatic carbocycles. The molecule has 0 saturated carbocycles. The highest BCUT2D eigenvalue weighted by molar-refractivity contribution is 5.90. The maximum absolute atomic E-state index is 12.8. The van der Waals surface area contributed by atoms with E-state index in [1.807, 2.05) is 0 Å². The van der Waals surface area contributed by atoms with Crippen LogP contribution in [0.5, 0.6) is 0 Å². The van der Waals surface area contributed by atoms with Crippen LogP contribution in [0, 0.1) is 0 Å². The average Bonchev–Trinajstić information content (AvgIpc) is 3.56. The van der Waals surface area contributed by atoms with Gasteiger partial charge in [-0.15, -0.1) is 15.3 Å². The number of aromatic amines is 1. The van der Waals surface area contributed by atoms with Gasteiger partial charge < -0.3 is 5.11 Å². The van der Waals surface area contributed by atoms with Gasteiger partial charge in [0.05, 0.1) is 23.0 Å². The molecular formula is C23H14F3N7O2. The van der Waals surface area contributed by atoms with Gasteiger partial charge in [-0.05, 0) is 46.7 Å². The summed E-state index contributed by atoms with van der Waals surface area (Å²) in [5, 5.41) is 31.4. The van der Waals surface area contributed by atoms with Crippen molar-refractivity contribution < 1.29 is 23.1 Å². The minimum absolute atomic E-state index is 0.0336. The maximum Gasteiger partial charge on any atom is 0.416 e. The molecule has 0 radical (unpaired) electrons. The van der Waals surface area contributed by atoms with E-state index in [4.69, 9.17) is 0 Å². The highest BCUT2D eigenvalue weighted by atomic mass is 19.4. The lowest BCUT2D eigenvalue weighted by Crippen LogP contribution is -2.03. The summed E-state index contributed by atoms with van der Waals surface area (Å²) in [5.41, 5.74) is 2.56. The van der Waals surface area contributed by atoms with Crippen LogP contribution in [0.4, 0.5) is 13.2 Å². The first-order valence-electron chi connectivity index (χ1n) is 10.1. The van der Waals surface area contributed by atoms with Crippen molar-refractivity contribution in [2.45, 2.75) is 6.18 Å². The van der Waals surface area contributed by atoms with Crippen molar-refractivity contribution in [1.82, 2.24) is 35.6 Å². The van der Waals surface area contributed by atoms with Crippen molar-refractivity contribution in [2.75, 3.05) is 0 Å². The Labute approximate surface area is 194 Å². The molecule has 174 valence electrons. The quantitative estimate of drug-likeness (QED) is 0.382. The summed E-state index contributed by atoms with van der Waals surface area (Å²) < 4.78 is 39.9. The highest BCUT2D eigenvalue weighted by Gasteiger charge is 2.30. The van der Waals surface area contributed by atoms with E-state index < -0.39 is 17.7 Å². The Hall–Kier alpha value is -4.87. The van der Waals surface area contributed by atoms with Crippen molar-refractivity contribution in [1.29, 1.82) is 0 Å². The maximum atomic E-state index is 12.8. The topological polar surface area (TPSA) is 122 Å². The molecule has 35 heavy (non-hydrogen) atoms. The first-order chi connectivity index (χ1) is 16.8. The number of benzene rings is 3. The molecule has 9 nitrogen and oxygen atoms in total. The molecule has 0 aliphatic carbocycles. The molecule has 0 unspecified atom stereocenters. The van der Waals surface area contributed by atoms with E-state index in [1.165, 1.54) is 35.1 Å². The average molecular weight is 477 g/mol. The van der Waals surface area contributed by atoms with Crippen LogP contribution in [0.2, 0.25) is 0 Å². The predicted octanol–water partition coefficient (Wildman–Crippen LogP) is 4.50. The summed E-state index contributed by atoms with van der Waals surface area (Å²) in [6.45, 7) is 0. The van der Waals surface area contributed by atoms with Crippen LogP contribution in [0.1, 0.15) is 15.9 Å². The van der Waals surface area contributed by atoms with Crippen LogP contribution in [0.3, 0.4) is 0 Å². The van der Waals surface area contributed by atoms with Gasteiger partial charge in [-0.2, -0.15) is 18.4 Å². The molecule has 0 spiro atoms. The third-order valence-electron chi connectivity index (χ3n) is 5.25. The van der Waals surface area contributed by atoms with E-state index in [0.29, 0.717) is 28.3 Å². The Morgan fingerprint density at radius 2 is 1.54 bits per heavy atom. The molecule has 2 aromatic heterocycles. The molecular weight excluding hydrogens is 463 g/mol. The van der Waals surface area contributed by atoms with Crippen LogP contribution >= 0.6 is 0 Å². The molecule has 0 aliphatic rings. The Morgan fingerprint density at radius 3 is 2.17 bits per heavy atom. The number of aromatic carboxylic acids is 1. The van der Waals surface area contributed by atoms with Gasteiger partial charge in [0.15, 0.2) is 0 Å². The summed E-state index contributed by atoms with van der Waals surface area (Å²) in [7, 11) is 0. The number of halogens is 3. The lowest BCUT2D eigenvalue weighted by Gasteiger charge is -2.08. The summed E-state index contributed by atoms with van der Waals surface area (Å²) >= 11 is 0. The number of carboxylic acids is 1. The SMILES string of the molecule is O=C(O)c1cc(-c2ccc(-c3nn[nH]n3)cc2)cc(-n2cc(-c3ccc(C(F)(F)F)cc3)nn2)c1. The number of alkyl halides is 3. The number of aromatic nitrogens is 7. The molecule has 2 heterocycles. The molecule has 0 amide bonds. The van der Waals surface area contributed by atoms with Crippen molar-refractivity contribution in [3.63, 3.8) is 0 Å². The number of nitrogens with one attached hydrogen (secondary N) is 1. The fourth-order valence-electron chi connectivity index (χ4n) is 3.48. The second kappa shape index (κ2) is 8.48. The molecule has 0 aliphatic heterocycles. The van der Waals surface area contributed by atoms with Gasteiger partial charge >= 0.3 is 12.1 Å². The number of hydrogen-bond donors (Lipinski definition) is 2. The van der Waals surface area contributed by atoms with Gasteiger partial charge in [0, 0.05) is 11.1 Å². The molecule has 12 heteroatoms. The zero-order valence-electron chi connectivity index (χ0n) is 17.6. The van der Waals surface area contributed by atoms with Crippen LogP contribution in [-0.2, 0) is 6.18 Å². The second-order valence-electron chi connectivity index (χ2n) is 7.51. The standard InChI is InChI=1S/C23H14F3N7O2/c24-23(25,26)18-7-5-14(6-8-18)20-12-33(32-27-20)19-10-16(9-17(11-19)22(34)35)13-1-3-15(4-2-13)21-28-30-31-29-21/h1-12H,(H,34,35)(H,28,29,30,31). The van der Waals surface area contributed by atoms with Crippen LogP contribution in [0.15, 0.2) is 72.9 Å². The fourth-order valence-corrected chi connectivity index (χ4v) is 3.48. The van der Waals surface area contributed by atoms with Crippen LogP contribution in [0.25, 0.3) is 39.5 Å².